The van der Waals surface area contributed by atoms with Crippen molar-refractivity contribution in [3.63, 3.8) is 0 Å². The van der Waals surface area contributed by atoms with Crippen LogP contribution in [0.4, 0.5) is 4.79 Å². The van der Waals surface area contributed by atoms with Gasteiger partial charge in [-0.2, -0.15) is 0 Å². The molecule has 0 aliphatic rings. The number of hydrogen-bond acceptors (Lipinski definition) is 7. The highest BCUT2D eigenvalue weighted by Crippen LogP contribution is 2.19. The minimum Gasteiger partial charge on any atom is -0.449 e. The molecule has 3 amide bonds. The minimum absolute atomic E-state index is 0.0529. The summed E-state index contributed by atoms with van der Waals surface area (Å²) in [4.78, 5) is 35.3. The quantitative estimate of drug-likeness (QED) is 0.654. The van der Waals surface area contributed by atoms with Gasteiger partial charge in [-0.15, -0.1) is 11.3 Å². The Balaban J connectivity index is 2.65. The Morgan fingerprint density at radius 3 is 2.33 bits per heavy atom. The molecule has 1 aromatic rings. The van der Waals surface area contributed by atoms with Gasteiger partial charge < -0.3 is 10.1 Å². The number of hydrogen-bond donors (Lipinski definition) is 3. The summed E-state index contributed by atoms with van der Waals surface area (Å²) in [5.74, 6) is -1.72. The average molecular weight is 377 g/mol. The van der Waals surface area contributed by atoms with Crippen LogP contribution in [0.2, 0.25) is 0 Å². The first-order valence-electron chi connectivity index (χ1n) is 6.75. The molecule has 134 valence electrons. The maximum atomic E-state index is 11.9. The van der Waals surface area contributed by atoms with Gasteiger partial charge in [-0.3, -0.25) is 10.1 Å². The van der Waals surface area contributed by atoms with Crippen molar-refractivity contribution in [3.8, 4) is 0 Å². The Morgan fingerprint density at radius 1 is 1.29 bits per heavy atom. The van der Waals surface area contributed by atoms with Gasteiger partial charge in [0.1, 0.15) is 4.21 Å². The molecule has 1 aromatic heterocycles. The van der Waals surface area contributed by atoms with Gasteiger partial charge >= 0.3 is 12.0 Å². The normalized spacial score (nSPS) is 13.0. The minimum atomic E-state index is -3.92. The second kappa shape index (κ2) is 7.28. The highest BCUT2D eigenvalue weighted by atomic mass is 32.2. The number of amides is 3. The molecular weight excluding hydrogens is 358 g/mol. The number of esters is 1. The van der Waals surface area contributed by atoms with Gasteiger partial charge in [0.05, 0.1) is 5.56 Å². The van der Waals surface area contributed by atoms with Crippen molar-refractivity contribution < 1.29 is 27.5 Å². The van der Waals surface area contributed by atoms with E-state index in [1.165, 1.54) is 12.3 Å². The summed E-state index contributed by atoms with van der Waals surface area (Å²) in [5.41, 5.74) is -0.590. The maximum absolute atomic E-state index is 11.9. The number of sulfonamides is 1. The van der Waals surface area contributed by atoms with Crippen molar-refractivity contribution in [3.05, 3.63) is 17.0 Å². The molecule has 0 aliphatic carbocycles. The molecule has 4 N–H and O–H groups in total. The molecule has 0 bridgehead atoms. The van der Waals surface area contributed by atoms with E-state index in [0.29, 0.717) is 0 Å². The van der Waals surface area contributed by atoms with Gasteiger partial charge in [-0.25, -0.2) is 23.1 Å². The van der Waals surface area contributed by atoms with Crippen LogP contribution in [0.3, 0.4) is 0 Å². The first-order valence-corrected chi connectivity index (χ1v) is 9.17. The van der Waals surface area contributed by atoms with Gasteiger partial charge in [-0.1, -0.05) is 0 Å². The topological polar surface area (TPSA) is 145 Å². The Labute approximate surface area is 143 Å². The Morgan fingerprint density at radius 2 is 1.88 bits per heavy atom. The molecule has 0 spiro atoms. The predicted molar refractivity (Wildman–Crippen MR) is 87.0 cm³/mol. The standard InChI is InChI=1S/C13H19N3O6S2/c1-7(10(17)15-12(19)16-13(2,3)4)22-11(18)8-5-9(23-6-8)24(14,20)21/h5-7H,1-4H3,(H2,14,20,21)(H2,15,16,17,19). The molecule has 0 saturated carbocycles. The highest BCUT2D eigenvalue weighted by molar-refractivity contribution is 7.91. The summed E-state index contributed by atoms with van der Waals surface area (Å²) in [6.07, 6.45) is -1.25. The van der Waals surface area contributed by atoms with Crippen LogP contribution in [-0.2, 0) is 19.6 Å². The maximum Gasteiger partial charge on any atom is 0.339 e. The zero-order valence-corrected chi connectivity index (χ0v) is 15.2. The largest absolute Gasteiger partial charge is 0.449 e. The molecule has 0 radical (unpaired) electrons. The zero-order chi connectivity index (χ0) is 18.7. The van der Waals surface area contributed by atoms with Crippen molar-refractivity contribution in [2.24, 2.45) is 5.14 Å². The molecule has 11 heteroatoms. The molecule has 24 heavy (non-hydrogen) atoms. The summed E-state index contributed by atoms with van der Waals surface area (Å²) >= 11 is 0.759. The lowest BCUT2D eigenvalue weighted by molar-refractivity contribution is -0.127. The number of carbonyl (C=O) groups is 3. The summed E-state index contributed by atoms with van der Waals surface area (Å²) < 4.78 is 27.0. The molecule has 1 atom stereocenters. The van der Waals surface area contributed by atoms with E-state index in [1.54, 1.807) is 20.8 Å². The number of imide groups is 1. The van der Waals surface area contributed by atoms with E-state index in [9.17, 15) is 22.8 Å². The zero-order valence-electron chi connectivity index (χ0n) is 13.6. The molecule has 9 nitrogen and oxygen atoms in total. The van der Waals surface area contributed by atoms with E-state index in [4.69, 9.17) is 9.88 Å². The fourth-order valence-corrected chi connectivity index (χ4v) is 3.01. The fraction of sp³-hybridized carbons (Fsp3) is 0.462. The second-order valence-corrected chi connectivity index (χ2v) is 8.64. The average Bonchev–Trinajstić information content (AvgIpc) is 2.85. The third kappa shape index (κ3) is 6.26. The molecule has 0 aliphatic heterocycles. The Hall–Kier alpha value is -1.98. The monoisotopic (exact) mass is 377 g/mol. The van der Waals surface area contributed by atoms with Crippen LogP contribution in [0.1, 0.15) is 38.1 Å². The molecule has 0 aromatic carbocycles. The Kier molecular flexibility index (Phi) is 6.09. The molecular formula is C13H19N3O6S2. The van der Waals surface area contributed by atoms with Crippen molar-refractivity contribution in [1.82, 2.24) is 10.6 Å². The van der Waals surface area contributed by atoms with E-state index in [0.717, 1.165) is 17.4 Å². The third-order valence-corrected chi connectivity index (χ3v) is 4.86. The number of urea groups is 1. The smallest absolute Gasteiger partial charge is 0.339 e. The van der Waals surface area contributed by atoms with Gasteiger partial charge in [0.2, 0.25) is 10.0 Å². The van der Waals surface area contributed by atoms with Crippen LogP contribution < -0.4 is 15.8 Å². The molecule has 0 fully saturated rings. The number of primary sulfonamides is 1. The van der Waals surface area contributed by atoms with Gasteiger partial charge in [0.15, 0.2) is 6.10 Å². The first-order chi connectivity index (χ1) is 10.8. The van der Waals surface area contributed by atoms with E-state index in [-0.39, 0.29) is 9.77 Å². The van der Waals surface area contributed by atoms with Gasteiger partial charge in [-0.05, 0) is 33.8 Å². The van der Waals surface area contributed by atoms with E-state index in [1.807, 2.05) is 5.32 Å². The first kappa shape index (κ1) is 20.1. The number of nitrogens with one attached hydrogen (secondary N) is 2. The number of thiophene rings is 1. The third-order valence-electron chi connectivity index (χ3n) is 2.47. The predicted octanol–water partition coefficient (Wildman–Crippen LogP) is 0.565. The van der Waals surface area contributed by atoms with Gasteiger partial charge in [0, 0.05) is 10.9 Å². The van der Waals surface area contributed by atoms with Crippen LogP contribution >= 0.6 is 11.3 Å². The van der Waals surface area contributed by atoms with Crippen LogP contribution in [0.15, 0.2) is 15.7 Å². The highest BCUT2D eigenvalue weighted by Gasteiger charge is 2.24. The summed E-state index contributed by atoms with van der Waals surface area (Å²) in [6.45, 7) is 6.49. The lowest BCUT2D eigenvalue weighted by atomic mass is 10.1. The van der Waals surface area contributed by atoms with E-state index < -0.39 is 39.6 Å². The molecule has 1 heterocycles. The summed E-state index contributed by atoms with van der Waals surface area (Å²) in [5, 5.41) is 10.8. The number of rotatable bonds is 4. The van der Waals surface area contributed by atoms with Crippen LogP contribution in [-0.4, -0.2) is 38.0 Å². The number of carbonyl (C=O) groups excluding carboxylic acids is 3. The lowest BCUT2D eigenvalue weighted by Crippen LogP contribution is -2.50. The van der Waals surface area contributed by atoms with Crippen molar-refractivity contribution in [2.45, 2.75) is 43.5 Å². The van der Waals surface area contributed by atoms with E-state index >= 15 is 0 Å². The van der Waals surface area contributed by atoms with Crippen LogP contribution in [0, 0.1) is 0 Å². The lowest BCUT2D eigenvalue weighted by Gasteiger charge is -2.21. The van der Waals surface area contributed by atoms with Gasteiger partial charge in [0.25, 0.3) is 5.91 Å². The molecule has 1 unspecified atom stereocenters. The molecule has 0 saturated heterocycles. The van der Waals surface area contributed by atoms with Crippen molar-refractivity contribution in [1.29, 1.82) is 0 Å². The number of nitrogens with two attached hydrogens (primary N) is 1. The van der Waals surface area contributed by atoms with E-state index in [2.05, 4.69) is 5.32 Å². The fourth-order valence-electron chi connectivity index (χ4n) is 1.44. The molecule has 1 rings (SSSR count). The summed E-state index contributed by atoms with van der Waals surface area (Å²) in [7, 11) is -3.92. The van der Waals surface area contributed by atoms with Crippen molar-refractivity contribution >= 4 is 39.3 Å². The summed E-state index contributed by atoms with van der Waals surface area (Å²) in [6, 6.07) is 0.335. The van der Waals surface area contributed by atoms with Crippen LogP contribution in [0.25, 0.3) is 0 Å². The number of ether oxygens (including phenoxy) is 1. The van der Waals surface area contributed by atoms with Crippen molar-refractivity contribution in [2.75, 3.05) is 0 Å². The SMILES string of the molecule is CC(OC(=O)c1csc(S(N)(=O)=O)c1)C(=O)NC(=O)NC(C)(C)C. The second-order valence-electron chi connectivity index (χ2n) is 5.94. The van der Waals surface area contributed by atoms with Crippen LogP contribution in [0.5, 0.6) is 0 Å². The Bertz CT molecular complexity index is 748.